The summed E-state index contributed by atoms with van der Waals surface area (Å²) in [5.41, 5.74) is 7.25. The van der Waals surface area contributed by atoms with Crippen LogP contribution < -0.4 is 5.73 Å². The van der Waals surface area contributed by atoms with Crippen molar-refractivity contribution in [2.45, 2.75) is 0 Å². The molecule has 0 radical (unpaired) electrons. The van der Waals surface area contributed by atoms with E-state index in [2.05, 4.69) is 21.1 Å². The van der Waals surface area contributed by atoms with Gasteiger partial charge in [0.1, 0.15) is 16.3 Å². The lowest BCUT2D eigenvalue weighted by molar-refractivity contribution is 0.435. The Bertz CT molecular complexity index is 657. The third kappa shape index (κ3) is 1.25. The van der Waals surface area contributed by atoms with E-state index in [1.165, 1.54) is 0 Å². The van der Waals surface area contributed by atoms with Crippen molar-refractivity contribution >= 4 is 32.7 Å². The van der Waals surface area contributed by atoms with Crippen LogP contribution in [0.5, 0.6) is 0 Å². The van der Waals surface area contributed by atoms with E-state index in [0.717, 1.165) is 16.5 Å². The van der Waals surface area contributed by atoms with Crippen molar-refractivity contribution in [2.75, 3.05) is 5.73 Å². The molecule has 0 saturated carbocycles. The van der Waals surface area contributed by atoms with Crippen LogP contribution in [0.25, 0.3) is 22.3 Å². The molecule has 0 aliphatic carbocycles. The van der Waals surface area contributed by atoms with Gasteiger partial charge in [-0.3, -0.25) is 0 Å². The summed E-state index contributed by atoms with van der Waals surface area (Å²) in [5, 5.41) is 4.66. The third-order valence-electron chi connectivity index (χ3n) is 2.39. The molecule has 1 aromatic carbocycles. The number of hydrogen-bond acceptors (Lipinski definition) is 4. The molecule has 2 heterocycles. The smallest absolute Gasteiger partial charge is 0.187 e. The van der Waals surface area contributed by atoms with Crippen LogP contribution >= 0.6 is 15.9 Å². The summed E-state index contributed by atoms with van der Waals surface area (Å²) >= 11 is 3.33. The number of halogens is 1. The van der Waals surface area contributed by atoms with Crippen LogP contribution in [0.1, 0.15) is 0 Å². The molecule has 4 nitrogen and oxygen atoms in total. The molecule has 0 spiro atoms. The molecule has 0 aliphatic rings. The maximum atomic E-state index is 5.61. The summed E-state index contributed by atoms with van der Waals surface area (Å²) in [4.78, 5) is 0. The number of rotatable bonds is 1. The molecular formula is C11H7BrN2O2. The van der Waals surface area contributed by atoms with Crippen molar-refractivity contribution in [3.05, 3.63) is 35.0 Å². The van der Waals surface area contributed by atoms with Crippen molar-refractivity contribution in [1.82, 2.24) is 5.16 Å². The van der Waals surface area contributed by atoms with Crippen LogP contribution in [-0.2, 0) is 0 Å². The number of aromatic nitrogens is 1. The largest absolute Gasteiger partial charge is 0.464 e. The Kier molecular flexibility index (Phi) is 2.00. The van der Waals surface area contributed by atoms with Gasteiger partial charge in [-0.1, -0.05) is 23.4 Å². The number of furan rings is 1. The van der Waals surface area contributed by atoms with E-state index >= 15 is 0 Å². The van der Waals surface area contributed by atoms with Gasteiger partial charge in [-0.2, -0.15) is 0 Å². The predicted molar refractivity (Wildman–Crippen MR) is 63.8 cm³/mol. The first kappa shape index (κ1) is 9.47. The molecule has 0 atom stereocenters. The van der Waals surface area contributed by atoms with E-state index < -0.39 is 0 Å². The lowest BCUT2D eigenvalue weighted by Crippen LogP contribution is -1.83. The molecule has 16 heavy (non-hydrogen) atoms. The van der Waals surface area contributed by atoms with Crippen LogP contribution in [0.3, 0.4) is 0 Å². The van der Waals surface area contributed by atoms with Gasteiger partial charge >= 0.3 is 0 Å². The zero-order chi connectivity index (χ0) is 11.1. The highest BCUT2D eigenvalue weighted by atomic mass is 79.9. The molecule has 2 aromatic heterocycles. The van der Waals surface area contributed by atoms with Gasteiger partial charge in [-0.25, -0.2) is 0 Å². The Labute approximate surface area is 99.1 Å². The molecule has 0 saturated heterocycles. The Morgan fingerprint density at radius 3 is 2.81 bits per heavy atom. The number of anilines is 1. The van der Waals surface area contributed by atoms with Gasteiger partial charge in [0.25, 0.3) is 0 Å². The molecule has 0 bridgehead atoms. The zero-order valence-electron chi connectivity index (χ0n) is 8.11. The van der Waals surface area contributed by atoms with E-state index in [4.69, 9.17) is 14.7 Å². The zero-order valence-corrected chi connectivity index (χ0v) is 9.69. The predicted octanol–water partition coefficient (Wildman–Crippen LogP) is 3.43. The van der Waals surface area contributed by atoms with Crippen LogP contribution in [0.2, 0.25) is 0 Å². The summed E-state index contributed by atoms with van der Waals surface area (Å²) in [7, 11) is 0. The van der Waals surface area contributed by atoms with Crippen LogP contribution in [-0.4, -0.2) is 5.16 Å². The SMILES string of the molecule is Nc1noc(-c2coc3ccccc23)c1Br. The highest BCUT2D eigenvalue weighted by molar-refractivity contribution is 9.10. The second kappa shape index (κ2) is 3.38. The molecule has 0 amide bonds. The lowest BCUT2D eigenvalue weighted by Gasteiger charge is -1.92. The van der Waals surface area contributed by atoms with Crippen molar-refractivity contribution < 1.29 is 8.94 Å². The number of nitrogens with two attached hydrogens (primary N) is 1. The molecule has 3 rings (SSSR count). The maximum Gasteiger partial charge on any atom is 0.187 e. The molecule has 0 unspecified atom stereocenters. The maximum absolute atomic E-state index is 5.61. The molecule has 0 fully saturated rings. The van der Waals surface area contributed by atoms with E-state index in [0.29, 0.717) is 16.1 Å². The molecular weight excluding hydrogens is 272 g/mol. The average molecular weight is 279 g/mol. The highest BCUT2D eigenvalue weighted by Gasteiger charge is 2.17. The van der Waals surface area contributed by atoms with Crippen LogP contribution in [0, 0.1) is 0 Å². The highest BCUT2D eigenvalue weighted by Crippen LogP contribution is 2.37. The number of para-hydroxylation sites is 1. The second-order valence-electron chi connectivity index (χ2n) is 3.36. The third-order valence-corrected chi connectivity index (χ3v) is 3.15. The van der Waals surface area contributed by atoms with Gasteiger partial charge in [0.15, 0.2) is 11.6 Å². The summed E-state index contributed by atoms with van der Waals surface area (Å²) in [6, 6.07) is 7.71. The molecule has 3 aromatic rings. The first-order valence-electron chi connectivity index (χ1n) is 4.64. The molecule has 2 N–H and O–H groups in total. The van der Waals surface area contributed by atoms with Gasteiger partial charge in [0.2, 0.25) is 0 Å². The van der Waals surface area contributed by atoms with Crippen molar-refractivity contribution in [3.63, 3.8) is 0 Å². The van der Waals surface area contributed by atoms with Gasteiger partial charge in [-0.15, -0.1) is 0 Å². The first-order valence-corrected chi connectivity index (χ1v) is 5.44. The van der Waals surface area contributed by atoms with Gasteiger partial charge in [0, 0.05) is 5.39 Å². The van der Waals surface area contributed by atoms with E-state index in [1.807, 2.05) is 24.3 Å². The number of nitrogen functional groups attached to an aromatic ring is 1. The van der Waals surface area contributed by atoms with E-state index in [-0.39, 0.29) is 0 Å². The summed E-state index contributed by atoms with van der Waals surface area (Å²) in [5.74, 6) is 0.919. The Morgan fingerprint density at radius 2 is 2.06 bits per heavy atom. The summed E-state index contributed by atoms with van der Waals surface area (Å²) in [6.45, 7) is 0. The minimum Gasteiger partial charge on any atom is -0.464 e. The second-order valence-corrected chi connectivity index (χ2v) is 4.15. The van der Waals surface area contributed by atoms with Gasteiger partial charge in [0.05, 0.1) is 5.56 Å². The average Bonchev–Trinajstić information content (AvgIpc) is 2.85. The lowest BCUT2D eigenvalue weighted by atomic mass is 10.1. The number of nitrogens with zero attached hydrogens (tertiary/aromatic N) is 1. The van der Waals surface area contributed by atoms with Crippen molar-refractivity contribution in [1.29, 1.82) is 0 Å². The molecule has 80 valence electrons. The fraction of sp³-hybridized carbons (Fsp3) is 0. The van der Waals surface area contributed by atoms with Crippen LogP contribution in [0.15, 0.2) is 43.9 Å². The minimum atomic E-state index is 0.334. The van der Waals surface area contributed by atoms with Crippen LogP contribution in [0.4, 0.5) is 5.82 Å². The fourth-order valence-electron chi connectivity index (χ4n) is 1.61. The molecule has 5 heteroatoms. The van der Waals surface area contributed by atoms with Crippen molar-refractivity contribution in [3.8, 4) is 11.3 Å². The van der Waals surface area contributed by atoms with E-state index in [9.17, 15) is 0 Å². The van der Waals surface area contributed by atoms with Gasteiger partial charge in [-0.05, 0) is 22.0 Å². The monoisotopic (exact) mass is 278 g/mol. The summed E-state index contributed by atoms with van der Waals surface area (Å²) < 4.78 is 11.2. The standard InChI is InChI=1S/C11H7BrN2O2/c12-9-10(16-14-11(9)13)7-5-15-8-4-2-1-3-6(7)8/h1-5H,(H2,13,14). The Morgan fingerprint density at radius 1 is 1.25 bits per heavy atom. The molecule has 0 aliphatic heterocycles. The quantitative estimate of drug-likeness (QED) is 0.741. The van der Waals surface area contributed by atoms with Crippen molar-refractivity contribution in [2.24, 2.45) is 0 Å². The van der Waals surface area contributed by atoms with E-state index in [1.54, 1.807) is 6.26 Å². The Balaban J connectivity index is 2.30. The fourth-order valence-corrected chi connectivity index (χ4v) is 1.97. The summed E-state index contributed by atoms with van der Waals surface area (Å²) in [6.07, 6.45) is 1.63. The normalized spacial score (nSPS) is 11.1. The number of fused-ring (bicyclic) bond motifs is 1. The number of benzene rings is 1. The minimum absolute atomic E-state index is 0.334. The first-order chi connectivity index (χ1) is 7.77. The number of hydrogen-bond donors (Lipinski definition) is 1. The topological polar surface area (TPSA) is 65.2 Å². The van der Waals surface area contributed by atoms with Gasteiger partial charge < -0.3 is 14.7 Å². The Hall–Kier alpha value is -1.75.